The predicted octanol–water partition coefficient (Wildman–Crippen LogP) is 2.03. The monoisotopic (exact) mass is 302 g/mol. The van der Waals surface area contributed by atoms with E-state index in [0.717, 1.165) is 43.4 Å². The lowest BCUT2D eigenvalue weighted by molar-refractivity contribution is 0.0704. The maximum absolute atomic E-state index is 5.49. The van der Waals surface area contributed by atoms with Crippen molar-refractivity contribution in [3.05, 3.63) is 35.5 Å². The van der Waals surface area contributed by atoms with Gasteiger partial charge in [0.1, 0.15) is 11.5 Å². The first-order valence-corrected chi connectivity index (χ1v) is 8.02. The molecule has 0 radical (unpaired) electrons. The van der Waals surface area contributed by atoms with Crippen LogP contribution in [0.25, 0.3) is 0 Å². The summed E-state index contributed by atoms with van der Waals surface area (Å²) < 4.78 is 13.1. The third kappa shape index (κ3) is 2.68. The normalized spacial score (nSPS) is 22.0. The number of hydrogen-bond acceptors (Lipinski definition) is 5. The molecule has 4 rings (SSSR count). The summed E-state index contributed by atoms with van der Waals surface area (Å²) in [6, 6.07) is 4.11. The molecule has 1 unspecified atom stereocenters. The Bertz CT molecular complexity index is 618. The van der Waals surface area contributed by atoms with Gasteiger partial charge in [-0.2, -0.15) is 0 Å². The molecule has 1 aliphatic heterocycles. The SMILES string of the molecule is COCC1c2nnn(CC3CC3)c2CCN1Cc1ccco1. The fourth-order valence-electron chi connectivity index (χ4n) is 3.27. The summed E-state index contributed by atoms with van der Waals surface area (Å²) in [7, 11) is 1.74. The quantitative estimate of drug-likeness (QED) is 0.817. The van der Waals surface area contributed by atoms with E-state index in [4.69, 9.17) is 9.15 Å². The molecule has 2 aromatic heterocycles. The number of hydrogen-bond donors (Lipinski definition) is 0. The Kier molecular flexibility index (Phi) is 3.72. The van der Waals surface area contributed by atoms with Crippen LogP contribution in [0.3, 0.4) is 0 Å². The Morgan fingerprint density at radius 3 is 3.05 bits per heavy atom. The molecule has 0 spiro atoms. The molecule has 0 amide bonds. The molecular formula is C16H22N4O2. The smallest absolute Gasteiger partial charge is 0.117 e. The minimum atomic E-state index is 0.159. The van der Waals surface area contributed by atoms with Gasteiger partial charge in [-0.15, -0.1) is 5.10 Å². The molecule has 1 fully saturated rings. The maximum Gasteiger partial charge on any atom is 0.117 e. The zero-order valence-electron chi connectivity index (χ0n) is 12.9. The van der Waals surface area contributed by atoms with Crippen LogP contribution in [0.15, 0.2) is 22.8 Å². The van der Waals surface area contributed by atoms with Gasteiger partial charge in [-0.3, -0.25) is 4.90 Å². The number of nitrogens with zero attached hydrogens (tertiary/aromatic N) is 4. The first kappa shape index (κ1) is 14.0. The highest BCUT2D eigenvalue weighted by Gasteiger charge is 2.33. The average molecular weight is 302 g/mol. The molecule has 22 heavy (non-hydrogen) atoms. The number of rotatable bonds is 6. The van der Waals surface area contributed by atoms with E-state index in [2.05, 4.69) is 19.9 Å². The first-order valence-electron chi connectivity index (χ1n) is 8.02. The highest BCUT2D eigenvalue weighted by Crippen LogP contribution is 2.34. The minimum absolute atomic E-state index is 0.159. The van der Waals surface area contributed by atoms with Gasteiger partial charge in [-0.05, 0) is 30.9 Å². The van der Waals surface area contributed by atoms with Crippen molar-refractivity contribution in [3.8, 4) is 0 Å². The molecule has 0 aromatic carbocycles. The van der Waals surface area contributed by atoms with Crippen LogP contribution in [0.1, 0.15) is 36.0 Å². The van der Waals surface area contributed by atoms with Crippen molar-refractivity contribution in [2.24, 2.45) is 5.92 Å². The number of methoxy groups -OCH3 is 1. The van der Waals surface area contributed by atoms with Crippen molar-refractivity contribution in [1.29, 1.82) is 0 Å². The van der Waals surface area contributed by atoms with Gasteiger partial charge in [0.05, 0.1) is 31.2 Å². The van der Waals surface area contributed by atoms with Crippen molar-refractivity contribution < 1.29 is 9.15 Å². The molecular weight excluding hydrogens is 280 g/mol. The third-order valence-electron chi connectivity index (χ3n) is 4.65. The molecule has 1 saturated carbocycles. The van der Waals surface area contributed by atoms with E-state index in [-0.39, 0.29) is 6.04 Å². The molecule has 3 heterocycles. The Hall–Kier alpha value is -1.66. The Morgan fingerprint density at radius 2 is 2.32 bits per heavy atom. The van der Waals surface area contributed by atoms with Crippen molar-refractivity contribution in [2.75, 3.05) is 20.3 Å². The van der Waals surface area contributed by atoms with Crippen LogP contribution in [0.5, 0.6) is 0 Å². The molecule has 118 valence electrons. The Labute approximate surface area is 130 Å². The molecule has 6 nitrogen and oxygen atoms in total. The second kappa shape index (κ2) is 5.85. The zero-order valence-corrected chi connectivity index (χ0v) is 12.9. The standard InChI is InChI=1S/C16H22N4O2/c1-21-11-15-16-14(20(18-17-16)9-12-4-5-12)6-7-19(15)10-13-3-2-8-22-13/h2-3,8,12,15H,4-7,9-11H2,1H3. The average Bonchev–Trinajstić information content (AvgIpc) is 3.02. The van der Waals surface area contributed by atoms with Crippen LogP contribution >= 0.6 is 0 Å². The summed E-state index contributed by atoms with van der Waals surface area (Å²) in [6.07, 6.45) is 5.39. The third-order valence-corrected chi connectivity index (χ3v) is 4.65. The van der Waals surface area contributed by atoms with Gasteiger partial charge >= 0.3 is 0 Å². The topological polar surface area (TPSA) is 56.3 Å². The largest absolute Gasteiger partial charge is 0.468 e. The lowest BCUT2D eigenvalue weighted by atomic mass is 10.0. The highest BCUT2D eigenvalue weighted by molar-refractivity contribution is 5.20. The van der Waals surface area contributed by atoms with Crippen LogP contribution < -0.4 is 0 Å². The van der Waals surface area contributed by atoms with E-state index >= 15 is 0 Å². The summed E-state index contributed by atoms with van der Waals surface area (Å²) >= 11 is 0. The van der Waals surface area contributed by atoms with Gasteiger partial charge in [0.15, 0.2) is 0 Å². The number of furan rings is 1. The van der Waals surface area contributed by atoms with E-state index in [1.165, 1.54) is 18.5 Å². The fraction of sp³-hybridized carbons (Fsp3) is 0.625. The van der Waals surface area contributed by atoms with Crippen LogP contribution in [0.4, 0.5) is 0 Å². The molecule has 1 atom stereocenters. The van der Waals surface area contributed by atoms with Crippen LogP contribution in [0.2, 0.25) is 0 Å². The zero-order chi connectivity index (χ0) is 14.9. The van der Waals surface area contributed by atoms with E-state index in [0.29, 0.717) is 6.61 Å². The molecule has 0 saturated heterocycles. The summed E-state index contributed by atoms with van der Waals surface area (Å²) in [4.78, 5) is 2.38. The number of ether oxygens (including phenoxy) is 1. The molecule has 0 bridgehead atoms. The van der Waals surface area contributed by atoms with Gasteiger partial charge in [0.25, 0.3) is 0 Å². The highest BCUT2D eigenvalue weighted by atomic mass is 16.5. The van der Waals surface area contributed by atoms with Crippen molar-refractivity contribution in [1.82, 2.24) is 19.9 Å². The summed E-state index contributed by atoms with van der Waals surface area (Å²) in [5, 5.41) is 8.88. The van der Waals surface area contributed by atoms with E-state index in [9.17, 15) is 0 Å². The molecule has 1 aliphatic carbocycles. The summed E-state index contributed by atoms with van der Waals surface area (Å²) in [5.74, 6) is 1.79. The van der Waals surface area contributed by atoms with E-state index in [1.54, 1.807) is 13.4 Å². The molecule has 0 N–H and O–H groups in total. The van der Waals surface area contributed by atoms with Crippen molar-refractivity contribution >= 4 is 0 Å². The van der Waals surface area contributed by atoms with Gasteiger partial charge < -0.3 is 9.15 Å². The molecule has 2 aliphatic rings. The second-order valence-electron chi connectivity index (χ2n) is 6.32. The molecule has 2 aromatic rings. The minimum Gasteiger partial charge on any atom is -0.468 e. The number of fused-ring (bicyclic) bond motifs is 1. The van der Waals surface area contributed by atoms with Crippen LogP contribution in [0, 0.1) is 5.92 Å². The second-order valence-corrected chi connectivity index (χ2v) is 6.32. The van der Waals surface area contributed by atoms with Gasteiger partial charge in [-0.25, -0.2) is 4.68 Å². The lowest BCUT2D eigenvalue weighted by Gasteiger charge is -2.33. The lowest BCUT2D eigenvalue weighted by Crippen LogP contribution is -2.38. The van der Waals surface area contributed by atoms with Crippen LogP contribution in [-0.2, 0) is 24.2 Å². The van der Waals surface area contributed by atoms with Crippen LogP contribution in [-0.4, -0.2) is 40.2 Å². The van der Waals surface area contributed by atoms with E-state index < -0.39 is 0 Å². The van der Waals surface area contributed by atoms with Gasteiger partial charge in [-0.1, -0.05) is 5.21 Å². The fourth-order valence-corrected chi connectivity index (χ4v) is 3.27. The number of aromatic nitrogens is 3. The summed E-state index contributed by atoms with van der Waals surface area (Å²) in [6.45, 7) is 3.44. The Balaban J connectivity index is 1.57. The Morgan fingerprint density at radius 1 is 1.41 bits per heavy atom. The van der Waals surface area contributed by atoms with Crippen molar-refractivity contribution in [2.45, 2.75) is 38.4 Å². The van der Waals surface area contributed by atoms with Gasteiger partial charge in [0.2, 0.25) is 0 Å². The first-order chi connectivity index (χ1) is 10.8. The predicted molar refractivity (Wildman–Crippen MR) is 80.2 cm³/mol. The molecule has 6 heteroatoms. The van der Waals surface area contributed by atoms with E-state index in [1.807, 2.05) is 12.1 Å². The maximum atomic E-state index is 5.49. The van der Waals surface area contributed by atoms with Crippen molar-refractivity contribution in [3.63, 3.8) is 0 Å². The van der Waals surface area contributed by atoms with Gasteiger partial charge in [0, 0.05) is 26.6 Å². The summed E-state index contributed by atoms with van der Waals surface area (Å²) in [5.41, 5.74) is 2.38.